The molecule has 0 spiro atoms. The van der Waals surface area contributed by atoms with Crippen molar-refractivity contribution in [2.45, 2.75) is 38.5 Å². The second-order valence-electron chi connectivity index (χ2n) is 6.49. The molecular formula is C15H38N3+3. The highest BCUT2D eigenvalue weighted by atomic mass is 15.1. The van der Waals surface area contributed by atoms with Gasteiger partial charge in [-0.05, 0) is 38.5 Å². The SMILES string of the molecule is C[NH+](C)CCCCC[NH+](C)CCCCC[NH+](C)C. The monoisotopic (exact) mass is 260 g/mol. The van der Waals surface area contributed by atoms with Gasteiger partial charge >= 0.3 is 0 Å². The van der Waals surface area contributed by atoms with E-state index in [2.05, 4.69) is 35.2 Å². The Hall–Kier alpha value is -0.120. The highest BCUT2D eigenvalue weighted by Crippen LogP contribution is 1.91. The van der Waals surface area contributed by atoms with Gasteiger partial charge in [-0.3, -0.25) is 0 Å². The lowest BCUT2D eigenvalue weighted by atomic mass is 10.2. The molecule has 0 aliphatic heterocycles. The van der Waals surface area contributed by atoms with E-state index in [9.17, 15) is 0 Å². The molecule has 0 aliphatic carbocycles. The molecule has 0 fully saturated rings. The molecule has 0 bridgehead atoms. The second kappa shape index (κ2) is 11.9. The molecule has 0 atom stereocenters. The minimum Gasteiger partial charge on any atom is -0.340 e. The van der Waals surface area contributed by atoms with E-state index >= 15 is 0 Å². The predicted octanol–water partition coefficient (Wildman–Crippen LogP) is -1.87. The van der Waals surface area contributed by atoms with Gasteiger partial charge < -0.3 is 14.7 Å². The Bertz CT molecular complexity index is 151. The Morgan fingerprint density at radius 2 is 0.778 bits per heavy atom. The number of quaternary nitrogens is 3. The molecule has 0 radical (unpaired) electrons. The number of hydrogen-bond acceptors (Lipinski definition) is 0. The van der Waals surface area contributed by atoms with Crippen molar-refractivity contribution in [2.75, 3.05) is 61.4 Å². The smallest absolute Gasteiger partial charge is 0.0768 e. The van der Waals surface area contributed by atoms with E-state index in [1.165, 1.54) is 64.7 Å². The van der Waals surface area contributed by atoms with Crippen molar-refractivity contribution in [1.82, 2.24) is 0 Å². The fraction of sp³-hybridized carbons (Fsp3) is 1.00. The first-order chi connectivity index (χ1) is 8.52. The molecule has 3 nitrogen and oxygen atoms in total. The molecule has 0 aliphatic rings. The molecular weight excluding hydrogens is 222 g/mol. The summed E-state index contributed by atoms with van der Waals surface area (Å²) in [5.41, 5.74) is 0. The molecule has 0 saturated carbocycles. The zero-order chi connectivity index (χ0) is 13.8. The first kappa shape index (κ1) is 17.9. The maximum absolute atomic E-state index is 2.36. The maximum atomic E-state index is 2.36. The summed E-state index contributed by atoms with van der Waals surface area (Å²) in [5, 5.41) is 0. The topological polar surface area (TPSA) is 13.3 Å². The molecule has 3 heteroatoms. The number of unbranched alkanes of at least 4 members (excludes halogenated alkanes) is 4. The van der Waals surface area contributed by atoms with Crippen LogP contribution in [0.5, 0.6) is 0 Å². The van der Waals surface area contributed by atoms with Gasteiger partial charge in [0.2, 0.25) is 0 Å². The van der Waals surface area contributed by atoms with Gasteiger partial charge in [-0.1, -0.05) is 0 Å². The van der Waals surface area contributed by atoms with Gasteiger partial charge in [0.25, 0.3) is 0 Å². The van der Waals surface area contributed by atoms with Crippen LogP contribution in [0.2, 0.25) is 0 Å². The summed E-state index contributed by atoms with van der Waals surface area (Å²) in [6, 6.07) is 0. The summed E-state index contributed by atoms with van der Waals surface area (Å²) < 4.78 is 0. The number of hydrogen-bond donors (Lipinski definition) is 3. The summed E-state index contributed by atoms with van der Waals surface area (Å²) in [6.45, 7) is 5.38. The maximum Gasteiger partial charge on any atom is 0.0768 e. The molecule has 0 aromatic rings. The number of rotatable bonds is 12. The molecule has 0 unspecified atom stereocenters. The van der Waals surface area contributed by atoms with Crippen LogP contribution in [-0.4, -0.2) is 61.4 Å². The first-order valence-electron chi connectivity index (χ1n) is 7.91. The molecule has 0 heterocycles. The van der Waals surface area contributed by atoms with Crippen LogP contribution in [0.3, 0.4) is 0 Å². The van der Waals surface area contributed by atoms with E-state index in [0.29, 0.717) is 0 Å². The van der Waals surface area contributed by atoms with Crippen LogP contribution in [0.15, 0.2) is 0 Å². The quantitative estimate of drug-likeness (QED) is 0.341. The summed E-state index contributed by atoms with van der Waals surface area (Å²) >= 11 is 0. The minimum absolute atomic E-state index is 1.33. The molecule has 110 valence electrons. The lowest BCUT2D eigenvalue weighted by Crippen LogP contribution is -3.09. The van der Waals surface area contributed by atoms with Crippen LogP contribution in [0.4, 0.5) is 0 Å². The van der Waals surface area contributed by atoms with E-state index < -0.39 is 0 Å². The Morgan fingerprint density at radius 3 is 1.11 bits per heavy atom. The van der Waals surface area contributed by atoms with Gasteiger partial charge in [0.1, 0.15) is 0 Å². The Labute approximate surface area is 115 Å². The molecule has 0 saturated heterocycles. The van der Waals surface area contributed by atoms with E-state index in [0.717, 1.165) is 0 Å². The van der Waals surface area contributed by atoms with Gasteiger partial charge in [0.15, 0.2) is 0 Å². The molecule has 0 rings (SSSR count). The van der Waals surface area contributed by atoms with Crippen LogP contribution in [0.1, 0.15) is 38.5 Å². The zero-order valence-corrected chi connectivity index (χ0v) is 13.6. The van der Waals surface area contributed by atoms with Crippen molar-refractivity contribution in [2.24, 2.45) is 0 Å². The summed E-state index contributed by atoms with van der Waals surface area (Å²) in [6.07, 6.45) is 8.41. The van der Waals surface area contributed by atoms with Crippen molar-refractivity contribution in [1.29, 1.82) is 0 Å². The fourth-order valence-electron chi connectivity index (χ4n) is 2.29. The lowest BCUT2D eigenvalue weighted by molar-refractivity contribution is -0.880. The summed E-state index contributed by atoms with van der Waals surface area (Å²) in [4.78, 5) is 4.89. The lowest BCUT2D eigenvalue weighted by Gasteiger charge is -2.14. The third kappa shape index (κ3) is 13.9. The van der Waals surface area contributed by atoms with Crippen LogP contribution in [0.25, 0.3) is 0 Å². The average molecular weight is 260 g/mol. The summed E-state index contributed by atoms with van der Waals surface area (Å²) in [7, 11) is 11.3. The van der Waals surface area contributed by atoms with Gasteiger partial charge in [-0.25, -0.2) is 0 Å². The van der Waals surface area contributed by atoms with Crippen molar-refractivity contribution in [3.63, 3.8) is 0 Å². The van der Waals surface area contributed by atoms with Crippen molar-refractivity contribution in [3.8, 4) is 0 Å². The normalized spacial score (nSPS) is 12.0. The van der Waals surface area contributed by atoms with E-state index in [1.54, 1.807) is 14.7 Å². The Morgan fingerprint density at radius 1 is 0.444 bits per heavy atom. The fourth-order valence-corrected chi connectivity index (χ4v) is 2.29. The standard InChI is InChI=1S/C15H35N3/c1-16(2)12-8-6-10-14-18(5)15-11-7-9-13-17(3)4/h6-15H2,1-5H3/p+3. The first-order valence-corrected chi connectivity index (χ1v) is 7.91. The molecule has 3 N–H and O–H groups in total. The Kier molecular flexibility index (Phi) is 11.9. The van der Waals surface area contributed by atoms with Crippen LogP contribution in [-0.2, 0) is 0 Å². The van der Waals surface area contributed by atoms with Crippen LogP contribution < -0.4 is 14.7 Å². The second-order valence-corrected chi connectivity index (χ2v) is 6.49. The van der Waals surface area contributed by atoms with Gasteiger partial charge in [-0.2, -0.15) is 0 Å². The largest absolute Gasteiger partial charge is 0.340 e. The summed E-state index contributed by atoms with van der Waals surface area (Å²) in [5.74, 6) is 0. The molecule has 0 aromatic carbocycles. The van der Waals surface area contributed by atoms with Crippen molar-refractivity contribution >= 4 is 0 Å². The van der Waals surface area contributed by atoms with Crippen LogP contribution >= 0.6 is 0 Å². The van der Waals surface area contributed by atoms with Gasteiger partial charge in [0, 0.05) is 0 Å². The zero-order valence-electron chi connectivity index (χ0n) is 13.6. The van der Waals surface area contributed by atoms with Gasteiger partial charge in [-0.15, -0.1) is 0 Å². The Balaban J connectivity index is 3.19. The van der Waals surface area contributed by atoms with E-state index in [-0.39, 0.29) is 0 Å². The third-order valence-electron chi connectivity index (χ3n) is 3.56. The average Bonchev–Trinajstić information content (AvgIpc) is 2.27. The highest BCUT2D eigenvalue weighted by Gasteiger charge is 2.02. The van der Waals surface area contributed by atoms with Crippen LogP contribution in [0, 0.1) is 0 Å². The molecule has 0 aromatic heterocycles. The van der Waals surface area contributed by atoms with E-state index in [1.807, 2.05) is 0 Å². The molecule has 0 amide bonds. The predicted molar refractivity (Wildman–Crippen MR) is 79.7 cm³/mol. The van der Waals surface area contributed by atoms with Crippen molar-refractivity contribution in [3.05, 3.63) is 0 Å². The number of nitrogens with one attached hydrogen (secondary N) is 3. The van der Waals surface area contributed by atoms with E-state index in [4.69, 9.17) is 0 Å². The van der Waals surface area contributed by atoms with Crippen molar-refractivity contribution < 1.29 is 14.7 Å². The third-order valence-corrected chi connectivity index (χ3v) is 3.56. The molecule has 18 heavy (non-hydrogen) atoms. The van der Waals surface area contributed by atoms with Gasteiger partial charge in [0.05, 0.1) is 61.4 Å². The minimum atomic E-state index is 1.33. The highest BCUT2D eigenvalue weighted by molar-refractivity contribution is 4.40.